The van der Waals surface area contributed by atoms with Gasteiger partial charge in [0.05, 0.1) is 0 Å². The Morgan fingerprint density at radius 3 is 2.44 bits per heavy atom. The average molecular weight is 156 g/mol. The summed E-state index contributed by atoms with van der Waals surface area (Å²) in [4.78, 5) is 0. The second kappa shape index (κ2) is 12.3. The maximum absolute atomic E-state index is 9.77. The molecule has 0 aromatic rings. The fourth-order valence-electron chi connectivity index (χ4n) is 0.407. The minimum Gasteiger partial charge on any atom is -0.853 e. The third kappa shape index (κ3) is 12.7. The molecule has 2 nitrogen and oxygen atoms in total. The molecule has 50 valence electrons. The number of hydrogen-bond acceptors (Lipinski definition) is 2. The van der Waals surface area contributed by atoms with Crippen molar-refractivity contribution in [2.75, 3.05) is 19.8 Å². The zero-order chi connectivity index (χ0) is 6.24. The maximum atomic E-state index is 9.77. The van der Waals surface area contributed by atoms with Crippen LogP contribution in [0.5, 0.6) is 0 Å². The molecule has 0 aliphatic rings. The van der Waals surface area contributed by atoms with Crippen LogP contribution in [0.1, 0.15) is 19.8 Å². The van der Waals surface area contributed by atoms with Crippen molar-refractivity contribution < 1.29 is 61.2 Å². The van der Waals surface area contributed by atoms with Crippen LogP contribution in [0.15, 0.2) is 0 Å². The number of hydrogen-bond donors (Lipinski definition) is 0. The fourth-order valence-corrected chi connectivity index (χ4v) is 0.407. The third-order valence-corrected chi connectivity index (χ3v) is 0.870. The van der Waals surface area contributed by atoms with Gasteiger partial charge in [-0.1, -0.05) is 13.3 Å². The zero-order valence-electron chi connectivity index (χ0n) is 6.35. The van der Waals surface area contributed by atoms with E-state index in [2.05, 4.69) is 6.92 Å². The van der Waals surface area contributed by atoms with Crippen molar-refractivity contribution in [1.82, 2.24) is 0 Å². The Kier molecular flexibility index (Phi) is 17.9. The minimum atomic E-state index is -0.107. The van der Waals surface area contributed by atoms with Crippen LogP contribution in [0.4, 0.5) is 0 Å². The molecule has 0 heterocycles. The van der Waals surface area contributed by atoms with Crippen molar-refractivity contribution in [1.29, 1.82) is 0 Å². The molecule has 0 amide bonds. The van der Waals surface area contributed by atoms with Crippen LogP contribution in [0.25, 0.3) is 0 Å². The Bertz CT molecular complexity index is 36.0. The van der Waals surface area contributed by atoms with Crippen molar-refractivity contribution in [2.45, 2.75) is 19.8 Å². The molecule has 3 heteroatoms. The maximum Gasteiger partial charge on any atom is 1.00 e. The van der Waals surface area contributed by atoms with Gasteiger partial charge in [-0.05, 0) is 6.42 Å². The van der Waals surface area contributed by atoms with E-state index in [1.807, 2.05) is 0 Å². The van der Waals surface area contributed by atoms with Gasteiger partial charge in [0.15, 0.2) is 0 Å². The van der Waals surface area contributed by atoms with E-state index in [9.17, 15) is 5.11 Å². The summed E-state index contributed by atoms with van der Waals surface area (Å²) in [6.07, 6.45) is 2.21. The van der Waals surface area contributed by atoms with Crippen LogP contribution in [-0.2, 0) is 4.74 Å². The monoisotopic (exact) mass is 156 g/mol. The normalized spacial score (nSPS) is 8.67. The first-order chi connectivity index (χ1) is 3.91. The van der Waals surface area contributed by atoms with E-state index in [1.165, 1.54) is 0 Å². The fraction of sp³-hybridized carbons (Fsp3) is 1.00. The van der Waals surface area contributed by atoms with Gasteiger partial charge in [-0.2, -0.15) is 0 Å². The van der Waals surface area contributed by atoms with E-state index >= 15 is 0 Å². The molecule has 0 saturated carbocycles. The standard InChI is InChI=1S/C6H13O2.K/c1-2-3-5-8-6-4-7;/h2-6H2,1H3;/q-1;+1. The Hall–Kier alpha value is 1.56. The second-order valence-corrected chi connectivity index (χ2v) is 1.67. The molecule has 0 radical (unpaired) electrons. The third-order valence-electron chi connectivity index (χ3n) is 0.870. The van der Waals surface area contributed by atoms with Gasteiger partial charge in [-0.25, -0.2) is 0 Å². The molecular weight excluding hydrogens is 143 g/mol. The van der Waals surface area contributed by atoms with E-state index < -0.39 is 0 Å². The summed E-state index contributed by atoms with van der Waals surface area (Å²) in [6.45, 7) is 3.11. The van der Waals surface area contributed by atoms with Crippen molar-refractivity contribution in [2.24, 2.45) is 0 Å². The molecule has 0 rings (SSSR count). The van der Waals surface area contributed by atoms with Crippen LogP contribution in [0.3, 0.4) is 0 Å². The van der Waals surface area contributed by atoms with Crippen LogP contribution in [0, 0.1) is 0 Å². The van der Waals surface area contributed by atoms with Gasteiger partial charge in [-0.3, -0.25) is 0 Å². The summed E-state index contributed by atoms with van der Waals surface area (Å²) < 4.78 is 4.91. The van der Waals surface area contributed by atoms with Crippen LogP contribution in [-0.4, -0.2) is 19.8 Å². The molecule has 0 bridgehead atoms. The van der Waals surface area contributed by atoms with E-state index in [1.54, 1.807) is 0 Å². The average Bonchev–Trinajstić information content (AvgIpc) is 1.81. The summed E-state index contributed by atoms with van der Waals surface area (Å²) in [6, 6.07) is 0. The molecular formula is C6H13KO2. The van der Waals surface area contributed by atoms with Gasteiger partial charge < -0.3 is 9.84 Å². The predicted molar refractivity (Wildman–Crippen MR) is 30.6 cm³/mol. The summed E-state index contributed by atoms with van der Waals surface area (Å²) in [5, 5.41) is 9.77. The second-order valence-electron chi connectivity index (χ2n) is 1.67. The summed E-state index contributed by atoms with van der Waals surface area (Å²) in [5.74, 6) is 0. The quantitative estimate of drug-likeness (QED) is 0.317. The topological polar surface area (TPSA) is 32.3 Å². The number of unbranched alkanes of at least 4 members (excludes halogenated alkanes) is 1. The summed E-state index contributed by atoms with van der Waals surface area (Å²) >= 11 is 0. The van der Waals surface area contributed by atoms with Gasteiger partial charge in [0.1, 0.15) is 0 Å². The molecule has 0 unspecified atom stereocenters. The van der Waals surface area contributed by atoms with Gasteiger partial charge in [-0.15, -0.1) is 6.61 Å². The van der Waals surface area contributed by atoms with Crippen LogP contribution < -0.4 is 56.5 Å². The number of ether oxygens (including phenoxy) is 1. The molecule has 0 aromatic heterocycles. The SMILES string of the molecule is CCCCOCC[O-].[K+]. The number of rotatable bonds is 5. The smallest absolute Gasteiger partial charge is 0.853 e. The first kappa shape index (κ1) is 13.2. The van der Waals surface area contributed by atoms with Crippen LogP contribution in [0.2, 0.25) is 0 Å². The van der Waals surface area contributed by atoms with Crippen molar-refractivity contribution in [3.05, 3.63) is 0 Å². The van der Waals surface area contributed by atoms with Gasteiger partial charge >= 0.3 is 51.4 Å². The molecule has 9 heavy (non-hydrogen) atoms. The minimum absolute atomic E-state index is 0. The molecule has 0 aliphatic heterocycles. The van der Waals surface area contributed by atoms with E-state index in [4.69, 9.17) is 4.74 Å². The predicted octanol–water partition coefficient (Wildman–Crippen LogP) is -2.83. The van der Waals surface area contributed by atoms with Gasteiger partial charge in [0.25, 0.3) is 0 Å². The molecule has 0 spiro atoms. The molecule has 0 saturated heterocycles. The van der Waals surface area contributed by atoms with Crippen LogP contribution >= 0.6 is 0 Å². The molecule has 0 fully saturated rings. The van der Waals surface area contributed by atoms with E-state index in [0.29, 0.717) is 6.61 Å². The molecule has 0 aliphatic carbocycles. The van der Waals surface area contributed by atoms with E-state index in [-0.39, 0.29) is 58.0 Å². The summed E-state index contributed by atoms with van der Waals surface area (Å²) in [5.41, 5.74) is 0. The Labute approximate surface area is 99.4 Å². The Morgan fingerprint density at radius 2 is 2.00 bits per heavy atom. The van der Waals surface area contributed by atoms with Gasteiger partial charge in [0.2, 0.25) is 0 Å². The van der Waals surface area contributed by atoms with E-state index in [0.717, 1.165) is 19.4 Å². The summed E-state index contributed by atoms with van der Waals surface area (Å²) in [7, 11) is 0. The Balaban J connectivity index is 0. The largest absolute Gasteiger partial charge is 1.00 e. The molecule has 0 N–H and O–H groups in total. The van der Waals surface area contributed by atoms with Gasteiger partial charge in [0, 0.05) is 13.2 Å². The first-order valence-corrected chi connectivity index (χ1v) is 3.07. The molecule has 0 aromatic carbocycles. The van der Waals surface area contributed by atoms with Crippen molar-refractivity contribution >= 4 is 0 Å². The molecule has 0 atom stereocenters. The van der Waals surface area contributed by atoms with Crippen molar-refractivity contribution in [3.63, 3.8) is 0 Å². The zero-order valence-corrected chi connectivity index (χ0v) is 9.48. The van der Waals surface area contributed by atoms with Crippen molar-refractivity contribution in [3.8, 4) is 0 Å². The Morgan fingerprint density at radius 1 is 1.33 bits per heavy atom. The first-order valence-electron chi connectivity index (χ1n) is 3.07.